The zero-order valence-electron chi connectivity index (χ0n) is 23.7. The second-order valence-electron chi connectivity index (χ2n) is 11.1. The van der Waals surface area contributed by atoms with Gasteiger partial charge in [-0.05, 0) is 16.7 Å². The van der Waals surface area contributed by atoms with Crippen LogP contribution in [0.5, 0.6) is 0 Å². The molecule has 0 heterocycles. The first-order valence-corrected chi connectivity index (χ1v) is 13.3. The van der Waals surface area contributed by atoms with Gasteiger partial charge in [-0.3, -0.25) is 0 Å². The summed E-state index contributed by atoms with van der Waals surface area (Å²) in [5.74, 6) is -55.8. The zero-order chi connectivity index (χ0) is 37.9. The highest BCUT2D eigenvalue weighted by atomic mass is 19.2. The molecule has 0 saturated carbocycles. The Morgan fingerprint density at radius 3 is 0.580 bits per heavy atom. The van der Waals surface area contributed by atoms with Crippen LogP contribution < -0.4 is 0 Å². The second kappa shape index (κ2) is 13.7. The van der Waals surface area contributed by atoms with Crippen molar-refractivity contribution in [2.24, 2.45) is 0 Å². The van der Waals surface area contributed by atoms with Crippen LogP contribution in [0.4, 0.5) is 87.8 Å². The molecule has 0 N–H and O–H groups in total. The highest BCUT2D eigenvalue weighted by Crippen LogP contribution is 2.37. The summed E-state index contributed by atoms with van der Waals surface area (Å²) in [7, 11) is 0. The molecule has 0 aliphatic rings. The normalized spacial score (nSPS) is 12.0. The van der Waals surface area contributed by atoms with Crippen molar-refractivity contribution in [3.63, 3.8) is 0 Å². The standard InChI is InChI=1S/C29H10BF20/c31-10-6(11(32)19(40)26(47)18(10)39)1-2-30(3-7-12(33)20(41)27(48)21(42)13(7)34,4-8-14(35)22(43)28(49)23(44)15(8)36)5-9-16(37)24(45)29(50)25(46)17(9)38/h1-5H2/q-1. The van der Waals surface area contributed by atoms with Crippen molar-refractivity contribution in [2.75, 3.05) is 0 Å². The van der Waals surface area contributed by atoms with Gasteiger partial charge in [-0.15, -0.1) is 19.0 Å². The van der Waals surface area contributed by atoms with Crippen molar-refractivity contribution in [3.8, 4) is 0 Å². The molecule has 0 aliphatic heterocycles. The molecule has 0 bridgehead atoms. The second-order valence-corrected chi connectivity index (χ2v) is 11.1. The highest BCUT2D eigenvalue weighted by Gasteiger charge is 2.39. The monoisotopic (exact) mass is 749 g/mol. The van der Waals surface area contributed by atoms with E-state index in [2.05, 4.69) is 0 Å². The van der Waals surface area contributed by atoms with Crippen molar-refractivity contribution in [1.29, 1.82) is 0 Å². The minimum absolute atomic E-state index is 1.74. The minimum Gasteiger partial charge on any atom is -0.203 e. The van der Waals surface area contributed by atoms with Crippen molar-refractivity contribution < 1.29 is 87.8 Å². The first kappa shape index (κ1) is 38.3. The van der Waals surface area contributed by atoms with Crippen LogP contribution in [-0.4, -0.2) is 6.15 Å². The van der Waals surface area contributed by atoms with Crippen LogP contribution in [0.25, 0.3) is 0 Å². The van der Waals surface area contributed by atoms with Gasteiger partial charge in [0.15, 0.2) is 93.1 Å². The molecule has 0 nitrogen and oxygen atoms in total. The molecular weight excluding hydrogens is 739 g/mol. The molecule has 0 atom stereocenters. The first-order valence-electron chi connectivity index (χ1n) is 13.3. The van der Waals surface area contributed by atoms with Gasteiger partial charge in [0.25, 0.3) is 0 Å². The fourth-order valence-corrected chi connectivity index (χ4v) is 5.63. The summed E-state index contributed by atoms with van der Waals surface area (Å²) >= 11 is 0. The molecule has 0 fully saturated rings. The molecule has 270 valence electrons. The Labute approximate surface area is 264 Å². The summed E-state index contributed by atoms with van der Waals surface area (Å²) in [6.45, 7) is 0. The Morgan fingerprint density at radius 1 is 0.220 bits per heavy atom. The Hall–Kier alpha value is -4.46. The van der Waals surface area contributed by atoms with Crippen LogP contribution in [0.1, 0.15) is 22.3 Å². The Morgan fingerprint density at radius 2 is 0.380 bits per heavy atom. The number of hydrogen-bond donors (Lipinski definition) is 0. The Bertz CT molecular complexity index is 1770. The molecule has 21 heteroatoms. The van der Waals surface area contributed by atoms with E-state index in [-0.39, 0.29) is 0 Å². The van der Waals surface area contributed by atoms with Gasteiger partial charge >= 0.3 is 0 Å². The van der Waals surface area contributed by atoms with Gasteiger partial charge < -0.3 is 0 Å². The van der Waals surface area contributed by atoms with Gasteiger partial charge in [0, 0.05) is 11.7 Å². The average molecular weight is 749 g/mol. The number of benzene rings is 4. The van der Waals surface area contributed by atoms with E-state index in [1.54, 1.807) is 0 Å². The van der Waals surface area contributed by atoms with Gasteiger partial charge in [-0.1, -0.05) is 6.42 Å². The van der Waals surface area contributed by atoms with E-state index in [4.69, 9.17) is 0 Å². The minimum atomic E-state index is -4.45. The molecule has 4 rings (SSSR count). The van der Waals surface area contributed by atoms with E-state index in [1.807, 2.05) is 0 Å². The molecule has 0 amide bonds. The summed E-state index contributed by atoms with van der Waals surface area (Å²) in [5.41, 5.74) is -8.27. The zero-order valence-corrected chi connectivity index (χ0v) is 23.7. The topological polar surface area (TPSA) is 0 Å². The molecule has 50 heavy (non-hydrogen) atoms. The molecule has 0 unspecified atom stereocenters. The van der Waals surface area contributed by atoms with E-state index in [1.165, 1.54) is 0 Å². The van der Waals surface area contributed by atoms with E-state index >= 15 is 0 Å². The van der Waals surface area contributed by atoms with Crippen molar-refractivity contribution in [2.45, 2.75) is 31.7 Å². The average Bonchev–Trinajstić information content (AvgIpc) is 3.10. The molecular formula is C29H10BF20-. The molecule has 0 aliphatic carbocycles. The lowest BCUT2D eigenvalue weighted by Crippen LogP contribution is -2.46. The quantitative estimate of drug-likeness (QED) is 0.0693. The summed E-state index contributed by atoms with van der Waals surface area (Å²) < 4.78 is 287. The van der Waals surface area contributed by atoms with E-state index in [9.17, 15) is 87.8 Å². The lowest BCUT2D eigenvalue weighted by molar-refractivity contribution is 0.368. The maximum absolute atomic E-state index is 14.9. The van der Waals surface area contributed by atoms with Gasteiger partial charge in [-0.25, -0.2) is 87.8 Å². The number of rotatable bonds is 9. The molecule has 4 aromatic carbocycles. The van der Waals surface area contributed by atoms with Gasteiger partial charge in [0.2, 0.25) is 23.3 Å². The molecule has 0 saturated heterocycles. The first-order chi connectivity index (χ1) is 23.1. The summed E-state index contributed by atoms with van der Waals surface area (Å²) in [6.07, 6.45) is -14.3. The van der Waals surface area contributed by atoms with Gasteiger partial charge in [0.1, 0.15) is 0 Å². The van der Waals surface area contributed by atoms with Crippen LogP contribution in [0.2, 0.25) is 6.32 Å². The van der Waals surface area contributed by atoms with Crippen molar-refractivity contribution in [3.05, 3.63) is 139 Å². The third kappa shape index (κ3) is 6.22. The third-order valence-corrected chi connectivity index (χ3v) is 8.12. The lowest BCUT2D eigenvalue weighted by Gasteiger charge is -2.41. The predicted octanol–water partition coefficient (Wildman–Crippen LogP) is 9.81. The van der Waals surface area contributed by atoms with Crippen LogP contribution in [0, 0.1) is 116 Å². The van der Waals surface area contributed by atoms with Crippen LogP contribution in [0.15, 0.2) is 0 Å². The summed E-state index contributed by atoms with van der Waals surface area (Å²) in [5, 5.41) is 0. The largest absolute Gasteiger partial charge is 0.203 e. The van der Waals surface area contributed by atoms with E-state index in [0.29, 0.717) is 0 Å². The molecule has 4 aromatic rings. The Balaban J connectivity index is 2.13. The molecule has 0 spiro atoms. The van der Waals surface area contributed by atoms with Crippen LogP contribution in [0.3, 0.4) is 0 Å². The van der Waals surface area contributed by atoms with Crippen molar-refractivity contribution in [1.82, 2.24) is 0 Å². The van der Waals surface area contributed by atoms with E-state index in [0.717, 1.165) is 0 Å². The maximum atomic E-state index is 14.9. The van der Waals surface area contributed by atoms with Crippen molar-refractivity contribution >= 4 is 6.15 Å². The van der Waals surface area contributed by atoms with E-state index < -0.39 is 176 Å². The van der Waals surface area contributed by atoms with Crippen LogP contribution >= 0.6 is 0 Å². The SMILES string of the molecule is Fc1c(F)c(F)c(CC[B-](Cc2c(F)c(F)c(F)c(F)c2F)(Cc2c(F)c(F)c(F)c(F)c2F)Cc2c(F)c(F)c(F)c(F)c2F)c(F)c1F. The molecule has 0 aromatic heterocycles. The smallest absolute Gasteiger partial charge is 0.200 e. The lowest BCUT2D eigenvalue weighted by atomic mass is 9.16. The molecule has 0 radical (unpaired) electrons. The summed E-state index contributed by atoms with van der Waals surface area (Å²) in [4.78, 5) is 0. The number of halogens is 20. The summed E-state index contributed by atoms with van der Waals surface area (Å²) in [6, 6.07) is 0. The fraction of sp³-hybridized carbons (Fsp3) is 0.172. The Kier molecular flexibility index (Phi) is 10.5. The van der Waals surface area contributed by atoms with Gasteiger partial charge in [0.05, 0.1) is 0 Å². The highest BCUT2D eigenvalue weighted by molar-refractivity contribution is 6.78. The van der Waals surface area contributed by atoms with Crippen LogP contribution in [-0.2, 0) is 25.4 Å². The third-order valence-electron chi connectivity index (χ3n) is 8.12. The van der Waals surface area contributed by atoms with Gasteiger partial charge in [-0.2, -0.15) is 6.32 Å². The predicted molar refractivity (Wildman–Crippen MR) is 130 cm³/mol. The maximum Gasteiger partial charge on any atom is 0.200 e. The fourth-order valence-electron chi connectivity index (χ4n) is 5.63. The number of hydrogen-bond acceptors (Lipinski definition) is 0.